The third-order valence-corrected chi connectivity index (χ3v) is 6.62. The quantitative estimate of drug-likeness (QED) is 0.598. The SMILES string of the molecule is CCOC(=O)[C@]1(C)N[C@H](c2cccs2)[C@H]2C(=O)N(c3ccc(OC)cc3)C(=O)[C@H]21. The number of imide groups is 1. The zero-order valence-electron chi connectivity index (χ0n) is 16.4. The summed E-state index contributed by atoms with van der Waals surface area (Å²) in [5, 5.41) is 5.17. The Kier molecular flexibility index (Phi) is 4.92. The van der Waals surface area contributed by atoms with Crippen LogP contribution in [0.1, 0.15) is 24.8 Å². The Morgan fingerprint density at radius 1 is 1.21 bits per heavy atom. The molecule has 0 bridgehead atoms. The first-order valence-corrected chi connectivity index (χ1v) is 10.3. The molecule has 0 radical (unpaired) electrons. The van der Waals surface area contributed by atoms with Crippen LogP contribution in [0.4, 0.5) is 5.69 Å². The summed E-state index contributed by atoms with van der Waals surface area (Å²) >= 11 is 1.49. The van der Waals surface area contributed by atoms with Crippen molar-refractivity contribution in [1.29, 1.82) is 0 Å². The van der Waals surface area contributed by atoms with Crippen LogP contribution in [-0.2, 0) is 19.1 Å². The number of carbonyl (C=O) groups is 3. The van der Waals surface area contributed by atoms with Crippen LogP contribution in [-0.4, -0.2) is 37.0 Å². The fraction of sp³-hybridized carbons (Fsp3) is 0.381. The zero-order chi connectivity index (χ0) is 20.8. The van der Waals surface area contributed by atoms with Crippen molar-refractivity contribution in [3.63, 3.8) is 0 Å². The van der Waals surface area contributed by atoms with Gasteiger partial charge >= 0.3 is 5.97 Å². The Hall–Kier alpha value is -2.71. The van der Waals surface area contributed by atoms with Gasteiger partial charge in [-0.1, -0.05) is 6.07 Å². The van der Waals surface area contributed by atoms with Crippen LogP contribution in [0.25, 0.3) is 0 Å². The van der Waals surface area contributed by atoms with E-state index in [2.05, 4.69) is 5.32 Å². The highest BCUT2D eigenvalue weighted by atomic mass is 32.1. The molecular weight excluding hydrogens is 392 g/mol. The third kappa shape index (κ3) is 2.94. The van der Waals surface area contributed by atoms with Crippen LogP contribution in [0.3, 0.4) is 0 Å². The number of rotatable bonds is 5. The molecule has 7 nitrogen and oxygen atoms in total. The molecule has 2 aliphatic heterocycles. The van der Waals surface area contributed by atoms with Crippen molar-refractivity contribution in [2.45, 2.75) is 25.4 Å². The number of hydrogen-bond donors (Lipinski definition) is 1. The molecule has 4 atom stereocenters. The lowest BCUT2D eigenvalue weighted by Gasteiger charge is -2.29. The van der Waals surface area contributed by atoms with E-state index in [1.807, 2.05) is 17.5 Å². The van der Waals surface area contributed by atoms with Crippen LogP contribution in [0, 0.1) is 11.8 Å². The van der Waals surface area contributed by atoms with E-state index in [1.165, 1.54) is 16.2 Å². The Labute approximate surface area is 172 Å². The first-order valence-electron chi connectivity index (χ1n) is 9.42. The molecule has 2 aliphatic rings. The van der Waals surface area contributed by atoms with Gasteiger partial charge in [-0.25, -0.2) is 4.90 Å². The van der Waals surface area contributed by atoms with E-state index in [0.29, 0.717) is 11.4 Å². The van der Waals surface area contributed by atoms with Crippen molar-refractivity contribution < 1.29 is 23.9 Å². The summed E-state index contributed by atoms with van der Waals surface area (Å²) in [6, 6.07) is 10.1. The van der Waals surface area contributed by atoms with E-state index in [1.54, 1.807) is 45.2 Å². The standard InChI is InChI=1S/C21H22N2O5S/c1-4-28-20(26)21(2)16-15(17(22-21)14-6-5-11-29-14)18(24)23(19(16)25)12-7-9-13(27-3)10-8-12/h5-11,15-17,22H,4H2,1-3H3/t15-,16-,17+,21+/m0/s1. The average Bonchev–Trinajstić information content (AvgIpc) is 3.40. The summed E-state index contributed by atoms with van der Waals surface area (Å²) in [6.07, 6.45) is 0. The number of methoxy groups -OCH3 is 1. The molecule has 4 rings (SSSR count). The fourth-order valence-electron chi connectivity index (χ4n) is 4.31. The van der Waals surface area contributed by atoms with Crippen LogP contribution in [0.2, 0.25) is 0 Å². The number of nitrogens with one attached hydrogen (secondary N) is 1. The van der Waals surface area contributed by atoms with Gasteiger partial charge in [-0.3, -0.25) is 19.7 Å². The Morgan fingerprint density at radius 2 is 1.93 bits per heavy atom. The Balaban J connectivity index is 1.77. The number of anilines is 1. The second-order valence-electron chi connectivity index (χ2n) is 7.27. The van der Waals surface area contributed by atoms with Gasteiger partial charge < -0.3 is 9.47 Å². The van der Waals surface area contributed by atoms with Crippen molar-refractivity contribution in [3.8, 4) is 5.75 Å². The van der Waals surface area contributed by atoms with Crippen molar-refractivity contribution in [1.82, 2.24) is 5.32 Å². The smallest absolute Gasteiger partial charge is 0.326 e. The molecule has 2 fully saturated rings. The van der Waals surface area contributed by atoms with Crippen molar-refractivity contribution in [2.24, 2.45) is 11.8 Å². The topological polar surface area (TPSA) is 84.9 Å². The van der Waals surface area contributed by atoms with Gasteiger partial charge in [0, 0.05) is 4.88 Å². The minimum atomic E-state index is -1.29. The van der Waals surface area contributed by atoms with Crippen molar-refractivity contribution >= 4 is 34.8 Å². The number of benzene rings is 1. The predicted molar refractivity (Wildman–Crippen MR) is 108 cm³/mol. The van der Waals surface area contributed by atoms with Gasteiger partial charge in [0.25, 0.3) is 0 Å². The van der Waals surface area contributed by atoms with Crippen molar-refractivity contribution in [2.75, 3.05) is 18.6 Å². The molecule has 152 valence electrons. The van der Waals surface area contributed by atoms with E-state index >= 15 is 0 Å². The fourth-order valence-corrected chi connectivity index (χ4v) is 5.13. The molecule has 3 heterocycles. The van der Waals surface area contributed by atoms with Crippen LogP contribution in [0.5, 0.6) is 5.75 Å². The predicted octanol–water partition coefficient (Wildman–Crippen LogP) is 2.53. The maximum atomic E-state index is 13.4. The van der Waals surface area contributed by atoms with Gasteiger partial charge in [0.2, 0.25) is 11.8 Å². The Bertz CT molecular complexity index is 942. The Morgan fingerprint density at radius 3 is 2.52 bits per heavy atom. The molecule has 2 saturated heterocycles. The molecule has 1 aromatic carbocycles. The summed E-state index contributed by atoms with van der Waals surface area (Å²) < 4.78 is 10.4. The molecule has 2 amide bonds. The lowest BCUT2D eigenvalue weighted by molar-refractivity contribution is -0.153. The summed E-state index contributed by atoms with van der Waals surface area (Å²) in [7, 11) is 1.55. The maximum absolute atomic E-state index is 13.4. The molecule has 0 saturated carbocycles. The van der Waals surface area contributed by atoms with E-state index in [9.17, 15) is 14.4 Å². The number of hydrogen-bond acceptors (Lipinski definition) is 7. The van der Waals surface area contributed by atoms with Gasteiger partial charge in [-0.2, -0.15) is 0 Å². The minimum absolute atomic E-state index is 0.196. The first kappa shape index (κ1) is 19.6. The third-order valence-electron chi connectivity index (χ3n) is 5.67. The minimum Gasteiger partial charge on any atom is -0.497 e. The molecule has 0 aliphatic carbocycles. The average molecular weight is 414 g/mol. The summed E-state index contributed by atoms with van der Waals surface area (Å²) in [5.74, 6) is -2.13. The van der Waals surface area contributed by atoms with Gasteiger partial charge in [0.05, 0.1) is 37.3 Å². The molecule has 0 spiro atoms. The summed E-state index contributed by atoms with van der Waals surface area (Å²) in [6.45, 7) is 3.57. The summed E-state index contributed by atoms with van der Waals surface area (Å²) in [4.78, 5) is 41.8. The number of fused-ring (bicyclic) bond motifs is 1. The number of carbonyl (C=O) groups excluding carboxylic acids is 3. The van der Waals surface area contributed by atoms with E-state index in [0.717, 1.165) is 4.88 Å². The van der Waals surface area contributed by atoms with E-state index in [4.69, 9.17) is 9.47 Å². The molecule has 1 N–H and O–H groups in total. The molecular formula is C21H22N2O5S. The maximum Gasteiger partial charge on any atom is 0.326 e. The summed E-state index contributed by atoms with van der Waals surface area (Å²) in [5.41, 5.74) is -0.824. The lowest BCUT2D eigenvalue weighted by Crippen LogP contribution is -2.54. The normalized spacial score (nSPS) is 28.5. The zero-order valence-corrected chi connectivity index (χ0v) is 17.2. The molecule has 2 aromatic rings. The number of nitrogens with zero attached hydrogens (tertiary/aromatic N) is 1. The second kappa shape index (κ2) is 7.27. The highest BCUT2D eigenvalue weighted by Gasteiger charge is 2.67. The van der Waals surface area contributed by atoms with E-state index < -0.39 is 35.3 Å². The van der Waals surface area contributed by atoms with Gasteiger partial charge in [-0.05, 0) is 49.6 Å². The van der Waals surface area contributed by atoms with Crippen molar-refractivity contribution in [3.05, 3.63) is 46.7 Å². The van der Waals surface area contributed by atoms with E-state index in [-0.39, 0.29) is 12.5 Å². The molecule has 8 heteroatoms. The monoisotopic (exact) mass is 414 g/mol. The number of ether oxygens (including phenoxy) is 2. The highest BCUT2D eigenvalue weighted by Crippen LogP contribution is 2.50. The molecule has 1 aromatic heterocycles. The number of thiophene rings is 1. The largest absolute Gasteiger partial charge is 0.497 e. The second-order valence-corrected chi connectivity index (χ2v) is 8.25. The van der Waals surface area contributed by atoms with Crippen LogP contribution < -0.4 is 15.0 Å². The van der Waals surface area contributed by atoms with Gasteiger partial charge in [0.1, 0.15) is 11.3 Å². The number of amides is 2. The van der Waals surface area contributed by atoms with Crippen LogP contribution in [0.15, 0.2) is 41.8 Å². The lowest BCUT2D eigenvalue weighted by atomic mass is 9.81. The highest BCUT2D eigenvalue weighted by molar-refractivity contribution is 7.10. The number of esters is 1. The molecule has 0 unspecified atom stereocenters. The van der Waals surface area contributed by atoms with Crippen LogP contribution >= 0.6 is 11.3 Å². The van der Waals surface area contributed by atoms with Gasteiger partial charge in [0.15, 0.2) is 0 Å². The van der Waals surface area contributed by atoms with Gasteiger partial charge in [-0.15, -0.1) is 11.3 Å². The first-order chi connectivity index (χ1) is 13.9. The molecule has 29 heavy (non-hydrogen) atoms.